The number of benzene rings is 2. The SMILES string of the molecule is CCOc1c(F)c(Cl)c(-c2ccc3nc(NC(=O)[C@@H]4C[C@@H]4F)sc3c2)c2cn[nH]c12.O=C(O)C(F)(F)F.O=C(O)C(F)(F)F. The zero-order valence-electron chi connectivity index (χ0n) is 21.6. The first-order chi connectivity index (χ1) is 20.4. The molecular weight excluding hydrogens is 660 g/mol. The Bertz CT molecular complexity index is 1680. The summed E-state index contributed by atoms with van der Waals surface area (Å²) >= 11 is 7.64. The number of anilines is 1. The van der Waals surface area contributed by atoms with Gasteiger partial charge in [-0.25, -0.2) is 23.4 Å². The average molecular weight is 677 g/mol. The molecule has 238 valence electrons. The van der Waals surface area contributed by atoms with Crippen LogP contribution in [0.15, 0.2) is 24.4 Å². The number of amides is 1. The average Bonchev–Trinajstić information content (AvgIpc) is 3.28. The van der Waals surface area contributed by atoms with Crippen molar-refractivity contribution in [1.82, 2.24) is 15.2 Å². The number of carbonyl (C=O) groups excluding carboxylic acids is 1. The Morgan fingerprint density at radius 2 is 1.70 bits per heavy atom. The number of aromatic amines is 1. The first-order valence-corrected chi connectivity index (χ1v) is 13.0. The van der Waals surface area contributed by atoms with E-state index in [9.17, 15) is 39.9 Å². The number of rotatable bonds is 5. The minimum Gasteiger partial charge on any atom is -0.489 e. The number of hydrogen-bond acceptors (Lipinski definition) is 7. The molecule has 44 heavy (non-hydrogen) atoms. The van der Waals surface area contributed by atoms with Crippen molar-refractivity contribution < 1.29 is 64.5 Å². The van der Waals surface area contributed by atoms with Gasteiger partial charge in [0.2, 0.25) is 5.91 Å². The second kappa shape index (κ2) is 13.2. The number of nitrogens with one attached hydrogen (secondary N) is 2. The molecule has 2 atom stereocenters. The van der Waals surface area contributed by atoms with E-state index in [-0.39, 0.29) is 29.7 Å². The summed E-state index contributed by atoms with van der Waals surface area (Å²) in [6, 6.07) is 5.37. The minimum atomic E-state index is -5.08. The molecule has 10 nitrogen and oxygen atoms in total. The zero-order chi connectivity index (χ0) is 33.1. The van der Waals surface area contributed by atoms with E-state index in [0.29, 0.717) is 32.7 Å². The van der Waals surface area contributed by atoms with E-state index in [2.05, 4.69) is 20.5 Å². The summed E-state index contributed by atoms with van der Waals surface area (Å²) in [4.78, 5) is 34.1. The fraction of sp³-hybridized carbons (Fsp3) is 0.292. The van der Waals surface area contributed by atoms with Crippen LogP contribution in [0.3, 0.4) is 0 Å². The number of carboxylic acid groups (broad SMARTS) is 2. The lowest BCUT2D eigenvalue weighted by molar-refractivity contribution is -0.193. The van der Waals surface area contributed by atoms with Gasteiger partial charge in [-0.2, -0.15) is 31.4 Å². The maximum atomic E-state index is 14.9. The summed E-state index contributed by atoms with van der Waals surface area (Å²) in [5.41, 5.74) is 2.25. The molecule has 0 saturated heterocycles. The van der Waals surface area contributed by atoms with Crippen molar-refractivity contribution in [2.24, 2.45) is 5.92 Å². The van der Waals surface area contributed by atoms with Gasteiger partial charge in [-0.3, -0.25) is 9.89 Å². The highest BCUT2D eigenvalue weighted by Gasteiger charge is 2.44. The third-order valence-electron chi connectivity index (χ3n) is 5.48. The number of alkyl halides is 7. The molecule has 1 saturated carbocycles. The molecule has 2 aromatic heterocycles. The molecule has 1 aliphatic rings. The number of hydrogen-bond donors (Lipinski definition) is 4. The van der Waals surface area contributed by atoms with Crippen molar-refractivity contribution in [1.29, 1.82) is 0 Å². The number of thiazole rings is 1. The number of aliphatic carboxylic acids is 2. The van der Waals surface area contributed by atoms with E-state index < -0.39 is 42.2 Å². The van der Waals surface area contributed by atoms with Crippen LogP contribution in [0.4, 0.5) is 40.3 Å². The van der Waals surface area contributed by atoms with Gasteiger partial charge in [-0.1, -0.05) is 29.0 Å². The Balaban J connectivity index is 0.000000317. The summed E-state index contributed by atoms with van der Waals surface area (Å²) in [5, 5.41) is 24.7. The second-order valence-electron chi connectivity index (χ2n) is 8.58. The maximum absolute atomic E-state index is 14.9. The summed E-state index contributed by atoms with van der Waals surface area (Å²) in [7, 11) is 0. The van der Waals surface area contributed by atoms with Crippen LogP contribution in [0.1, 0.15) is 13.3 Å². The zero-order valence-corrected chi connectivity index (χ0v) is 23.2. The molecule has 0 unspecified atom stereocenters. The maximum Gasteiger partial charge on any atom is 0.490 e. The number of H-pyrrole nitrogens is 1. The third kappa shape index (κ3) is 8.01. The van der Waals surface area contributed by atoms with E-state index in [1.165, 1.54) is 11.3 Å². The third-order valence-corrected chi connectivity index (χ3v) is 6.77. The molecule has 0 aliphatic heterocycles. The highest BCUT2D eigenvalue weighted by molar-refractivity contribution is 7.22. The number of fused-ring (bicyclic) bond motifs is 2. The van der Waals surface area contributed by atoms with Crippen LogP contribution in [-0.4, -0.2) is 68.4 Å². The fourth-order valence-electron chi connectivity index (χ4n) is 3.42. The van der Waals surface area contributed by atoms with Crippen LogP contribution in [0.2, 0.25) is 5.02 Å². The second-order valence-corrected chi connectivity index (χ2v) is 9.99. The normalized spacial score (nSPS) is 16.0. The van der Waals surface area contributed by atoms with Crippen molar-refractivity contribution >= 4 is 67.0 Å². The van der Waals surface area contributed by atoms with E-state index in [1.54, 1.807) is 25.3 Å². The molecule has 2 aromatic carbocycles. The van der Waals surface area contributed by atoms with Crippen LogP contribution in [0.5, 0.6) is 5.75 Å². The van der Waals surface area contributed by atoms with Crippen LogP contribution in [-0.2, 0) is 14.4 Å². The van der Waals surface area contributed by atoms with Gasteiger partial charge in [0, 0.05) is 10.9 Å². The molecule has 5 rings (SSSR count). The number of carbonyl (C=O) groups is 3. The lowest BCUT2D eigenvalue weighted by Gasteiger charge is -2.12. The first-order valence-electron chi connectivity index (χ1n) is 11.8. The van der Waals surface area contributed by atoms with Crippen molar-refractivity contribution in [3.8, 4) is 16.9 Å². The van der Waals surface area contributed by atoms with E-state index in [0.717, 1.165) is 4.70 Å². The first kappa shape index (κ1) is 34.2. The molecule has 0 spiro atoms. The van der Waals surface area contributed by atoms with Gasteiger partial charge in [-0.05, 0) is 31.0 Å². The highest BCUT2D eigenvalue weighted by Crippen LogP contribution is 2.43. The van der Waals surface area contributed by atoms with Gasteiger partial charge in [0.25, 0.3) is 0 Å². The fourth-order valence-corrected chi connectivity index (χ4v) is 4.62. The van der Waals surface area contributed by atoms with Gasteiger partial charge in [-0.15, -0.1) is 0 Å². The Hall–Kier alpha value is -4.26. The Kier molecular flexibility index (Phi) is 10.2. The quantitative estimate of drug-likeness (QED) is 0.173. The van der Waals surface area contributed by atoms with Crippen molar-refractivity contribution in [2.45, 2.75) is 31.9 Å². The minimum absolute atomic E-state index is 0.0360. The van der Waals surface area contributed by atoms with E-state index in [4.69, 9.17) is 36.1 Å². The predicted octanol–water partition coefficient (Wildman–Crippen LogP) is 6.59. The molecular formula is C24H17ClF8N4O6S. The van der Waals surface area contributed by atoms with Gasteiger partial charge >= 0.3 is 24.3 Å². The number of nitrogens with zero attached hydrogens (tertiary/aromatic N) is 2. The number of ether oxygens (including phenoxy) is 1. The molecule has 0 bridgehead atoms. The van der Waals surface area contributed by atoms with Gasteiger partial charge < -0.3 is 20.3 Å². The molecule has 4 aromatic rings. The molecule has 4 N–H and O–H groups in total. The summed E-state index contributed by atoms with van der Waals surface area (Å²) in [5.74, 6) is -7.09. The molecule has 2 heterocycles. The molecule has 0 radical (unpaired) electrons. The Morgan fingerprint density at radius 3 is 2.20 bits per heavy atom. The molecule has 20 heteroatoms. The largest absolute Gasteiger partial charge is 0.490 e. The number of aromatic nitrogens is 3. The van der Waals surface area contributed by atoms with Crippen LogP contribution in [0.25, 0.3) is 32.2 Å². The summed E-state index contributed by atoms with van der Waals surface area (Å²) in [6.07, 6.45) is -9.41. The van der Waals surface area contributed by atoms with Gasteiger partial charge in [0.05, 0.1) is 34.0 Å². The van der Waals surface area contributed by atoms with Crippen molar-refractivity contribution in [3.05, 3.63) is 35.2 Å². The van der Waals surface area contributed by atoms with Crippen molar-refractivity contribution in [2.75, 3.05) is 11.9 Å². The predicted molar refractivity (Wildman–Crippen MR) is 140 cm³/mol. The van der Waals surface area contributed by atoms with Crippen molar-refractivity contribution in [3.63, 3.8) is 0 Å². The van der Waals surface area contributed by atoms with Gasteiger partial charge in [0.1, 0.15) is 11.7 Å². The van der Waals surface area contributed by atoms with Gasteiger partial charge in [0.15, 0.2) is 16.7 Å². The molecule has 1 amide bonds. The molecule has 1 aliphatic carbocycles. The standard InChI is InChI=1S/C20H15ClF2N4O2S.2C2HF3O2/c1-2-29-18-16(23)15(21)14(10-7-24-27-17(10)18)8-3-4-12-13(5-8)30-20(25-12)26-19(28)9-6-11(9)22;2*3-2(4,5)1(6)7/h3-5,7,9,11H,2,6H2,1H3,(H,24,27)(H,25,26,28);2*(H,6,7)/t9-,11+;;/m1../s1. The topological polar surface area (TPSA) is 154 Å². The van der Waals surface area contributed by atoms with Crippen LogP contribution < -0.4 is 10.1 Å². The number of carboxylic acids is 2. The molecule has 1 fully saturated rings. The van der Waals surface area contributed by atoms with Crippen LogP contribution >= 0.6 is 22.9 Å². The lowest BCUT2D eigenvalue weighted by atomic mass is 10.0. The summed E-state index contributed by atoms with van der Waals surface area (Å²) < 4.78 is 97.7. The van der Waals surface area contributed by atoms with Crippen LogP contribution in [0, 0.1) is 11.7 Å². The number of halogens is 9. The Morgan fingerprint density at radius 1 is 1.14 bits per heavy atom. The smallest absolute Gasteiger partial charge is 0.489 e. The summed E-state index contributed by atoms with van der Waals surface area (Å²) in [6.45, 7) is 2.04. The highest BCUT2D eigenvalue weighted by atomic mass is 35.5. The van der Waals surface area contributed by atoms with E-state index >= 15 is 0 Å². The monoisotopic (exact) mass is 676 g/mol. The lowest BCUT2D eigenvalue weighted by Crippen LogP contribution is -2.21. The Labute approximate surface area is 248 Å². The van der Waals surface area contributed by atoms with E-state index in [1.807, 2.05) is 6.07 Å².